The molecule has 1 heterocycles. The molecule has 0 aliphatic carbocycles. The van der Waals surface area contributed by atoms with E-state index in [0.717, 1.165) is 35.6 Å². The lowest BCUT2D eigenvalue weighted by atomic mass is 10.0. The molecule has 0 aliphatic heterocycles. The number of hydrogen-bond acceptors (Lipinski definition) is 3. The normalized spacial score (nSPS) is 11.7. The Morgan fingerprint density at radius 2 is 1.81 bits per heavy atom. The Morgan fingerprint density at radius 3 is 2.59 bits per heavy atom. The van der Waals surface area contributed by atoms with E-state index in [0.29, 0.717) is 13.0 Å². The molecule has 2 aromatic carbocycles. The molecule has 0 amide bonds. The van der Waals surface area contributed by atoms with Gasteiger partial charge in [-0.2, -0.15) is 0 Å². The van der Waals surface area contributed by atoms with Crippen molar-refractivity contribution >= 4 is 29.1 Å². The van der Waals surface area contributed by atoms with E-state index in [1.54, 1.807) is 6.20 Å². The molecule has 0 bridgehead atoms. The first kappa shape index (κ1) is 20.9. The number of aryl methyl sites for hydroxylation is 1. The standard InChI is InChI=1S/C22H24N2O2.ClH/c25-22(26)21(9-5-4-8-17-6-2-1-3-7-17)24-15-18-10-11-20-16-23-13-12-19(20)14-18;/h1-3,6-7,10-14,16,21,24H,4-5,8-9,15H2,(H,25,26);1H/t21-;/m0./s1. The van der Waals surface area contributed by atoms with Crippen molar-refractivity contribution in [3.8, 4) is 0 Å². The maximum atomic E-state index is 11.5. The number of hydrogen-bond donors (Lipinski definition) is 2. The van der Waals surface area contributed by atoms with E-state index in [1.165, 1.54) is 5.56 Å². The summed E-state index contributed by atoms with van der Waals surface area (Å²) in [5.41, 5.74) is 2.39. The fraction of sp³-hybridized carbons (Fsp3) is 0.273. The van der Waals surface area contributed by atoms with Gasteiger partial charge in [0.05, 0.1) is 0 Å². The topological polar surface area (TPSA) is 62.2 Å². The molecule has 0 radical (unpaired) electrons. The summed E-state index contributed by atoms with van der Waals surface area (Å²) in [6, 6.07) is 17.9. The summed E-state index contributed by atoms with van der Waals surface area (Å²) < 4.78 is 0. The van der Waals surface area contributed by atoms with Gasteiger partial charge in [-0.1, -0.05) is 48.9 Å². The number of pyridine rings is 1. The molecule has 4 nitrogen and oxygen atoms in total. The summed E-state index contributed by atoms with van der Waals surface area (Å²) >= 11 is 0. The van der Waals surface area contributed by atoms with Crippen LogP contribution in [0.2, 0.25) is 0 Å². The van der Waals surface area contributed by atoms with Crippen LogP contribution in [0.4, 0.5) is 0 Å². The first-order valence-electron chi connectivity index (χ1n) is 9.05. The van der Waals surface area contributed by atoms with Crippen LogP contribution in [-0.4, -0.2) is 22.1 Å². The van der Waals surface area contributed by atoms with Crippen molar-refractivity contribution in [2.24, 2.45) is 0 Å². The van der Waals surface area contributed by atoms with Gasteiger partial charge < -0.3 is 10.4 Å². The maximum absolute atomic E-state index is 11.5. The highest BCUT2D eigenvalue weighted by molar-refractivity contribution is 5.85. The van der Waals surface area contributed by atoms with Gasteiger partial charge in [-0.3, -0.25) is 9.78 Å². The van der Waals surface area contributed by atoms with Crippen molar-refractivity contribution in [2.45, 2.75) is 38.3 Å². The van der Waals surface area contributed by atoms with E-state index in [2.05, 4.69) is 28.5 Å². The highest BCUT2D eigenvalue weighted by Crippen LogP contribution is 2.15. The third-order valence-electron chi connectivity index (χ3n) is 4.61. The van der Waals surface area contributed by atoms with Gasteiger partial charge in [0.25, 0.3) is 0 Å². The number of nitrogens with one attached hydrogen (secondary N) is 1. The maximum Gasteiger partial charge on any atom is 0.320 e. The van der Waals surface area contributed by atoms with Crippen LogP contribution >= 0.6 is 12.4 Å². The van der Waals surface area contributed by atoms with Crippen LogP contribution in [0.5, 0.6) is 0 Å². The van der Waals surface area contributed by atoms with Crippen LogP contribution in [-0.2, 0) is 17.8 Å². The molecule has 0 saturated heterocycles. The predicted molar refractivity (Wildman–Crippen MR) is 111 cm³/mol. The van der Waals surface area contributed by atoms with Crippen LogP contribution in [0.1, 0.15) is 30.4 Å². The minimum Gasteiger partial charge on any atom is -0.480 e. The Kier molecular flexibility index (Phi) is 8.24. The SMILES string of the molecule is Cl.O=C(O)[C@H](CCCCc1ccccc1)NCc1ccc2cnccc2c1. The average molecular weight is 385 g/mol. The smallest absolute Gasteiger partial charge is 0.320 e. The molecule has 0 spiro atoms. The van der Waals surface area contributed by atoms with Crippen molar-refractivity contribution in [3.63, 3.8) is 0 Å². The van der Waals surface area contributed by atoms with Crippen molar-refractivity contribution < 1.29 is 9.90 Å². The number of nitrogens with zero attached hydrogens (tertiary/aromatic N) is 1. The quantitative estimate of drug-likeness (QED) is 0.529. The first-order valence-corrected chi connectivity index (χ1v) is 9.05. The molecule has 3 rings (SSSR count). The number of carboxylic acids is 1. The molecular formula is C22H25ClN2O2. The van der Waals surface area contributed by atoms with Gasteiger partial charge in [0, 0.05) is 24.3 Å². The fourth-order valence-electron chi connectivity index (χ4n) is 3.12. The fourth-order valence-corrected chi connectivity index (χ4v) is 3.12. The highest BCUT2D eigenvalue weighted by Gasteiger charge is 2.16. The molecule has 2 N–H and O–H groups in total. The van der Waals surface area contributed by atoms with Gasteiger partial charge >= 0.3 is 5.97 Å². The summed E-state index contributed by atoms with van der Waals surface area (Å²) in [7, 11) is 0. The molecule has 5 heteroatoms. The molecule has 0 saturated carbocycles. The highest BCUT2D eigenvalue weighted by atomic mass is 35.5. The lowest BCUT2D eigenvalue weighted by Gasteiger charge is -2.15. The van der Waals surface area contributed by atoms with Gasteiger partial charge in [-0.05, 0) is 47.9 Å². The second-order valence-electron chi connectivity index (χ2n) is 6.56. The van der Waals surface area contributed by atoms with E-state index in [9.17, 15) is 9.90 Å². The van der Waals surface area contributed by atoms with E-state index >= 15 is 0 Å². The predicted octanol–water partition coefficient (Wildman–Crippen LogP) is 4.61. The lowest BCUT2D eigenvalue weighted by molar-refractivity contribution is -0.139. The summed E-state index contributed by atoms with van der Waals surface area (Å²) in [6.45, 7) is 0.550. The van der Waals surface area contributed by atoms with Gasteiger partial charge in [-0.15, -0.1) is 12.4 Å². The second kappa shape index (κ2) is 10.7. The molecule has 1 aromatic heterocycles. The summed E-state index contributed by atoms with van der Waals surface area (Å²) in [5.74, 6) is -0.783. The van der Waals surface area contributed by atoms with Crippen LogP contribution in [0.15, 0.2) is 67.0 Å². The molecular weight excluding hydrogens is 360 g/mol. The van der Waals surface area contributed by atoms with Gasteiger partial charge in [-0.25, -0.2) is 0 Å². The number of halogens is 1. The van der Waals surface area contributed by atoms with Gasteiger partial charge in [0.2, 0.25) is 0 Å². The van der Waals surface area contributed by atoms with E-state index < -0.39 is 12.0 Å². The molecule has 1 atom stereocenters. The number of fused-ring (bicyclic) bond motifs is 1. The van der Waals surface area contributed by atoms with Gasteiger partial charge in [0.1, 0.15) is 6.04 Å². The van der Waals surface area contributed by atoms with Crippen LogP contribution in [0.3, 0.4) is 0 Å². The van der Waals surface area contributed by atoms with Crippen molar-refractivity contribution in [1.29, 1.82) is 0 Å². The molecule has 142 valence electrons. The number of aliphatic carboxylic acids is 1. The summed E-state index contributed by atoms with van der Waals surface area (Å²) in [5, 5.41) is 14.9. The third-order valence-corrected chi connectivity index (χ3v) is 4.61. The van der Waals surface area contributed by atoms with Crippen molar-refractivity contribution in [1.82, 2.24) is 10.3 Å². The Morgan fingerprint density at radius 1 is 1.00 bits per heavy atom. The minimum absolute atomic E-state index is 0. The Balaban J connectivity index is 0.00000261. The number of rotatable bonds is 9. The van der Waals surface area contributed by atoms with Gasteiger partial charge in [0.15, 0.2) is 0 Å². The first-order chi connectivity index (χ1) is 12.7. The number of benzene rings is 2. The molecule has 0 fully saturated rings. The summed E-state index contributed by atoms with van der Waals surface area (Å²) in [4.78, 5) is 15.6. The zero-order chi connectivity index (χ0) is 18.2. The number of unbranched alkanes of at least 4 members (excludes halogenated alkanes) is 1. The van der Waals surface area contributed by atoms with Crippen molar-refractivity contribution in [2.75, 3.05) is 0 Å². The minimum atomic E-state index is -0.783. The average Bonchev–Trinajstić information content (AvgIpc) is 2.67. The Hall–Kier alpha value is -2.43. The monoisotopic (exact) mass is 384 g/mol. The van der Waals surface area contributed by atoms with E-state index in [-0.39, 0.29) is 12.4 Å². The molecule has 0 aliphatic rings. The molecule has 3 aromatic rings. The van der Waals surface area contributed by atoms with Crippen molar-refractivity contribution in [3.05, 3.63) is 78.1 Å². The number of carboxylic acid groups (broad SMARTS) is 1. The largest absolute Gasteiger partial charge is 0.480 e. The second-order valence-corrected chi connectivity index (χ2v) is 6.56. The van der Waals surface area contributed by atoms with Crippen LogP contribution in [0, 0.1) is 0 Å². The Labute approximate surface area is 166 Å². The lowest BCUT2D eigenvalue weighted by Crippen LogP contribution is -2.36. The summed E-state index contributed by atoms with van der Waals surface area (Å²) in [6.07, 6.45) is 7.12. The third kappa shape index (κ3) is 6.35. The number of carbonyl (C=O) groups is 1. The molecule has 27 heavy (non-hydrogen) atoms. The van der Waals surface area contributed by atoms with E-state index in [4.69, 9.17) is 0 Å². The van der Waals surface area contributed by atoms with Crippen LogP contribution < -0.4 is 5.32 Å². The van der Waals surface area contributed by atoms with Crippen LogP contribution in [0.25, 0.3) is 10.8 Å². The molecule has 0 unspecified atom stereocenters. The zero-order valence-corrected chi connectivity index (χ0v) is 16.0. The number of aromatic nitrogens is 1. The Bertz CT molecular complexity index is 855. The zero-order valence-electron chi connectivity index (χ0n) is 15.2. The van der Waals surface area contributed by atoms with E-state index in [1.807, 2.05) is 42.6 Å².